The van der Waals surface area contributed by atoms with Gasteiger partial charge in [0, 0.05) is 6.20 Å². The van der Waals surface area contributed by atoms with Crippen molar-refractivity contribution >= 4 is 11.7 Å². The van der Waals surface area contributed by atoms with Crippen LogP contribution < -0.4 is 16.6 Å². The van der Waals surface area contributed by atoms with Gasteiger partial charge in [0.25, 0.3) is 5.91 Å². The summed E-state index contributed by atoms with van der Waals surface area (Å²) < 4.78 is 13.7. The SMILES string of the molecule is NNc1nccc(C(=O)NCc2ncn[nH]2)c1F. The lowest BCUT2D eigenvalue weighted by molar-refractivity contribution is 0.0946. The van der Waals surface area contributed by atoms with Gasteiger partial charge in [-0.3, -0.25) is 9.89 Å². The molecule has 0 aliphatic rings. The summed E-state index contributed by atoms with van der Waals surface area (Å²) in [5.41, 5.74) is 1.91. The van der Waals surface area contributed by atoms with E-state index in [1.54, 1.807) is 0 Å². The van der Waals surface area contributed by atoms with Crippen molar-refractivity contribution in [2.45, 2.75) is 6.54 Å². The largest absolute Gasteiger partial charge is 0.345 e. The third kappa shape index (κ3) is 2.40. The molecule has 0 bridgehead atoms. The Bertz CT molecular complexity index is 542. The van der Waals surface area contributed by atoms with Crippen molar-refractivity contribution in [3.8, 4) is 0 Å². The molecular weight excluding hydrogens is 241 g/mol. The molecule has 5 N–H and O–H groups in total. The van der Waals surface area contributed by atoms with Crippen LogP contribution in [0.1, 0.15) is 16.2 Å². The van der Waals surface area contributed by atoms with Crippen LogP contribution >= 0.6 is 0 Å². The third-order valence-electron chi connectivity index (χ3n) is 2.15. The van der Waals surface area contributed by atoms with E-state index in [9.17, 15) is 9.18 Å². The van der Waals surface area contributed by atoms with Gasteiger partial charge in [-0.1, -0.05) is 0 Å². The smallest absolute Gasteiger partial charge is 0.254 e. The lowest BCUT2D eigenvalue weighted by Gasteiger charge is -2.06. The summed E-state index contributed by atoms with van der Waals surface area (Å²) in [6, 6.07) is 1.26. The summed E-state index contributed by atoms with van der Waals surface area (Å²) in [6.45, 7) is 0.117. The maximum absolute atomic E-state index is 13.7. The summed E-state index contributed by atoms with van der Waals surface area (Å²) in [7, 11) is 0. The van der Waals surface area contributed by atoms with Crippen molar-refractivity contribution in [3.05, 3.63) is 35.8 Å². The van der Waals surface area contributed by atoms with Gasteiger partial charge >= 0.3 is 0 Å². The Balaban J connectivity index is 2.09. The summed E-state index contributed by atoms with van der Waals surface area (Å²) in [6.07, 6.45) is 2.59. The lowest BCUT2D eigenvalue weighted by Crippen LogP contribution is -2.25. The minimum Gasteiger partial charge on any atom is -0.345 e. The molecule has 0 saturated heterocycles. The van der Waals surface area contributed by atoms with Crippen LogP contribution in [0, 0.1) is 5.82 Å². The van der Waals surface area contributed by atoms with E-state index in [0.29, 0.717) is 5.82 Å². The first kappa shape index (κ1) is 11.9. The molecule has 1 amide bonds. The zero-order chi connectivity index (χ0) is 13.0. The van der Waals surface area contributed by atoms with Crippen LogP contribution in [0.2, 0.25) is 0 Å². The summed E-state index contributed by atoms with van der Waals surface area (Å²) in [4.78, 5) is 19.2. The first-order valence-electron chi connectivity index (χ1n) is 4.96. The molecule has 94 valence electrons. The fourth-order valence-corrected chi connectivity index (χ4v) is 1.29. The van der Waals surface area contributed by atoms with Gasteiger partial charge < -0.3 is 10.7 Å². The molecule has 18 heavy (non-hydrogen) atoms. The highest BCUT2D eigenvalue weighted by molar-refractivity contribution is 5.95. The molecule has 0 aromatic carbocycles. The lowest BCUT2D eigenvalue weighted by atomic mass is 10.2. The Labute approximate surface area is 101 Å². The molecular formula is C9H10FN7O. The number of nitrogens with two attached hydrogens (primary N) is 1. The maximum atomic E-state index is 13.7. The number of nitrogens with zero attached hydrogens (tertiary/aromatic N) is 3. The van der Waals surface area contributed by atoms with Gasteiger partial charge in [0.2, 0.25) is 0 Å². The molecule has 9 heteroatoms. The van der Waals surface area contributed by atoms with E-state index in [4.69, 9.17) is 5.84 Å². The fraction of sp³-hybridized carbons (Fsp3) is 0.111. The van der Waals surface area contributed by atoms with Gasteiger partial charge in [-0.05, 0) is 6.07 Å². The van der Waals surface area contributed by atoms with Gasteiger partial charge in [0.05, 0.1) is 12.1 Å². The number of H-pyrrole nitrogens is 1. The predicted molar refractivity (Wildman–Crippen MR) is 59.6 cm³/mol. The van der Waals surface area contributed by atoms with Crippen molar-refractivity contribution in [2.75, 3.05) is 5.43 Å². The highest BCUT2D eigenvalue weighted by Gasteiger charge is 2.15. The second kappa shape index (κ2) is 5.19. The van der Waals surface area contributed by atoms with E-state index in [1.165, 1.54) is 18.6 Å². The van der Waals surface area contributed by atoms with E-state index >= 15 is 0 Å². The predicted octanol–water partition coefficient (Wildman–Crippen LogP) is -0.446. The average Bonchev–Trinajstić information content (AvgIpc) is 2.89. The van der Waals surface area contributed by atoms with Crippen LogP contribution in [0.15, 0.2) is 18.6 Å². The van der Waals surface area contributed by atoms with Gasteiger partial charge in [-0.15, -0.1) is 0 Å². The molecule has 0 fully saturated rings. The number of aromatic nitrogens is 4. The topological polar surface area (TPSA) is 122 Å². The molecule has 2 aromatic rings. The van der Waals surface area contributed by atoms with Gasteiger partial charge in [-0.2, -0.15) is 5.10 Å². The zero-order valence-electron chi connectivity index (χ0n) is 9.14. The Hall–Kier alpha value is -2.55. The zero-order valence-corrected chi connectivity index (χ0v) is 9.14. The Morgan fingerprint density at radius 3 is 3.00 bits per heavy atom. The molecule has 0 atom stereocenters. The highest BCUT2D eigenvalue weighted by atomic mass is 19.1. The first-order chi connectivity index (χ1) is 8.72. The molecule has 0 spiro atoms. The van der Waals surface area contributed by atoms with Crippen molar-refractivity contribution in [1.29, 1.82) is 0 Å². The molecule has 2 aromatic heterocycles. The number of hydrazine groups is 1. The van der Waals surface area contributed by atoms with E-state index in [0.717, 1.165) is 0 Å². The molecule has 0 saturated carbocycles. The van der Waals surface area contributed by atoms with Crippen LogP contribution in [0.25, 0.3) is 0 Å². The monoisotopic (exact) mass is 251 g/mol. The number of carbonyl (C=O) groups is 1. The highest BCUT2D eigenvalue weighted by Crippen LogP contribution is 2.13. The van der Waals surface area contributed by atoms with E-state index in [-0.39, 0.29) is 17.9 Å². The Kier molecular flexibility index (Phi) is 3.44. The second-order valence-corrected chi connectivity index (χ2v) is 3.28. The molecule has 0 aliphatic heterocycles. The number of carbonyl (C=O) groups excluding carboxylic acids is 1. The van der Waals surface area contributed by atoms with Gasteiger partial charge in [0.1, 0.15) is 12.2 Å². The fourth-order valence-electron chi connectivity index (χ4n) is 1.29. The number of nitrogens with one attached hydrogen (secondary N) is 3. The molecule has 0 unspecified atom stereocenters. The molecule has 0 radical (unpaired) electrons. The summed E-state index contributed by atoms with van der Waals surface area (Å²) in [5.74, 6) is 3.93. The maximum Gasteiger partial charge on any atom is 0.254 e. The quantitative estimate of drug-likeness (QED) is 0.431. The number of halogens is 1. The minimum absolute atomic E-state index is 0.117. The number of hydrogen-bond acceptors (Lipinski definition) is 6. The van der Waals surface area contributed by atoms with Crippen molar-refractivity contribution in [3.63, 3.8) is 0 Å². The molecule has 2 heterocycles. The average molecular weight is 251 g/mol. The van der Waals surface area contributed by atoms with E-state index < -0.39 is 11.7 Å². The molecule has 2 rings (SSSR count). The number of amides is 1. The molecule has 0 aliphatic carbocycles. The standard InChI is InChI=1S/C9H10FN7O/c10-7-5(1-2-12-8(7)16-11)9(18)13-3-6-14-4-15-17-6/h1-2,4H,3,11H2,(H,12,16)(H,13,18)(H,14,15,17). The van der Waals surface area contributed by atoms with Gasteiger partial charge in [-0.25, -0.2) is 20.2 Å². The second-order valence-electron chi connectivity index (χ2n) is 3.28. The van der Waals surface area contributed by atoms with Gasteiger partial charge in [0.15, 0.2) is 11.6 Å². The van der Waals surface area contributed by atoms with Crippen LogP contribution in [0.3, 0.4) is 0 Å². The number of anilines is 1. The number of aromatic amines is 1. The molecule has 8 nitrogen and oxygen atoms in total. The van der Waals surface area contributed by atoms with Crippen LogP contribution in [0.5, 0.6) is 0 Å². The number of rotatable bonds is 4. The number of pyridine rings is 1. The Morgan fingerprint density at radius 2 is 2.33 bits per heavy atom. The normalized spacial score (nSPS) is 10.1. The number of nitrogen functional groups attached to an aromatic ring is 1. The van der Waals surface area contributed by atoms with Crippen LogP contribution in [-0.2, 0) is 6.54 Å². The summed E-state index contributed by atoms with van der Waals surface area (Å²) in [5, 5.41) is 8.67. The van der Waals surface area contributed by atoms with Crippen LogP contribution in [0.4, 0.5) is 10.2 Å². The Morgan fingerprint density at radius 1 is 1.50 bits per heavy atom. The number of hydrogen-bond donors (Lipinski definition) is 4. The third-order valence-corrected chi connectivity index (χ3v) is 2.15. The first-order valence-corrected chi connectivity index (χ1v) is 4.96. The van der Waals surface area contributed by atoms with E-state index in [1.807, 2.05) is 0 Å². The van der Waals surface area contributed by atoms with Crippen molar-refractivity contribution < 1.29 is 9.18 Å². The van der Waals surface area contributed by atoms with Crippen molar-refractivity contribution in [2.24, 2.45) is 5.84 Å². The minimum atomic E-state index is -0.810. The summed E-state index contributed by atoms with van der Waals surface area (Å²) >= 11 is 0. The van der Waals surface area contributed by atoms with Crippen LogP contribution in [-0.4, -0.2) is 26.1 Å². The van der Waals surface area contributed by atoms with Crippen molar-refractivity contribution in [1.82, 2.24) is 25.5 Å². The van der Waals surface area contributed by atoms with E-state index in [2.05, 4.69) is 30.9 Å².